The molecule has 2 aromatic rings. The second-order valence-electron chi connectivity index (χ2n) is 6.28. The fourth-order valence-corrected chi connectivity index (χ4v) is 3.86. The van der Waals surface area contributed by atoms with Crippen molar-refractivity contribution in [3.05, 3.63) is 40.9 Å². The van der Waals surface area contributed by atoms with Crippen molar-refractivity contribution in [3.8, 4) is 5.88 Å². The van der Waals surface area contributed by atoms with Crippen LogP contribution in [0.15, 0.2) is 40.8 Å². The second-order valence-corrected chi connectivity index (χ2v) is 7.64. The zero-order chi connectivity index (χ0) is 18.9. The summed E-state index contributed by atoms with van der Waals surface area (Å²) in [5, 5.41) is 11.0. The van der Waals surface area contributed by atoms with Crippen LogP contribution in [-0.2, 0) is 0 Å². The Bertz CT molecular complexity index is 706. The second kappa shape index (κ2) is 12.3. The minimum absolute atomic E-state index is 0. The van der Waals surface area contributed by atoms with Crippen molar-refractivity contribution in [2.45, 2.75) is 25.8 Å². The maximum atomic E-state index is 5.82. The highest BCUT2D eigenvalue weighted by Crippen LogP contribution is 2.24. The number of aliphatic imine (C=N–C) groups is 1. The van der Waals surface area contributed by atoms with Crippen molar-refractivity contribution < 1.29 is 4.74 Å². The van der Waals surface area contributed by atoms with E-state index in [-0.39, 0.29) is 24.0 Å². The number of halogens is 2. The molecule has 1 aliphatic rings. The van der Waals surface area contributed by atoms with Crippen molar-refractivity contribution in [2.75, 3.05) is 37.7 Å². The van der Waals surface area contributed by atoms with Crippen LogP contribution in [0.5, 0.6) is 5.88 Å². The van der Waals surface area contributed by atoms with Crippen molar-refractivity contribution in [1.29, 1.82) is 0 Å². The monoisotopic (exact) mass is 535 g/mol. The molecule has 0 unspecified atom stereocenters. The number of aromatic nitrogens is 1. The number of pyridine rings is 1. The first-order chi connectivity index (χ1) is 13.2. The van der Waals surface area contributed by atoms with Crippen molar-refractivity contribution in [2.24, 2.45) is 4.99 Å². The van der Waals surface area contributed by atoms with E-state index in [1.165, 1.54) is 5.00 Å². The van der Waals surface area contributed by atoms with Crippen molar-refractivity contribution in [3.63, 3.8) is 0 Å². The molecule has 0 bridgehead atoms. The molecule has 6 nitrogen and oxygen atoms in total. The molecule has 2 aromatic heterocycles. The molecule has 0 saturated carbocycles. The summed E-state index contributed by atoms with van der Waals surface area (Å²) < 4.78 is 5.60. The lowest BCUT2D eigenvalue weighted by atomic mass is 10.1. The normalized spacial score (nSPS) is 15.1. The number of rotatable bonds is 7. The smallest absolute Gasteiger partial charge is 0.213 e. The van der Waals surface area contributed by atoms with E-state index < -0.39 is 0 Å². The summed E-state index contributed by atoms with van der Waals surface area (Å²) in [4.78, 5) is 11.2. The molecule has 1 aliphatic heterocycles. The van der Waals surface area contributed by atoms with Gasteiger partial charge in [0.25, 0.3) is 0 Å². The first-order valence-corrected chi connectivity index (χ1v) is 10.6. The molecule has 0 amide bonds. The first kappa shape index (κ1) is 23.0. The van der Waals surface area contributed by atoms with Crippen LogP contribution in [0, 0.1) is 0 Å². The molecule has 9 heteroatoms. The maximum Gasteiger partial charge on any atom is 0.213 e. The lowest BCUT2D eigenvalue weighted by molar-refractivity contribution is 0.315. The van der Waals surface area contributed by atoms with Gasteiger partial charge in [0, 0.05) is 37.9 Å². The number of piperidine rings is 1. The summed E-state index contributed by atoms with van der Waals surface area (Å²) in [6, 6.07) is 8.28. The van der Waals surface area contributed by atoms with Gasteiger partial charge in [-0.3, -0.25) is 0 Å². The lowest BCUT2D eigenvalue weighted by Crippen LogP contribution is -2.48. The molecule has 154 valence electrons. The van der Waals surface area contributed by atoms with E-state index in [1.807, 2.05) is 11.3 Å². The van der Waals surface area contributed by atoms with Gasteiger partial charge in [0.15, 0.2) is 5.96 Å². The number of anilines is 1. The van der Waals surface area contributed by atoms with Crippen LogP contribution in [0.3, 0.4) is 0 Å². The molecule has 28 heavy (non-hydrogen) atoms. The van der Waals surface area contributed by atoms with Gasteiger partial charge in [0.2, 0.25) is 5.88 Å². The van der Waals surface area contributed by atoms with Gasteiger partial charge >= 0.3 is 0 Å². The summed E-state index contributed by atoms with van der Waals surface area (Å²) in [6.07, 6.45) is 3.79. The number of thiophene rings is 1. The van der Waals surface area contributed by atoms with Crippen LogP contribution in [0.1, 0.15) is 19.8 Å². The molecule has 0 radical (unpaired) electrons. The third-order valence-electron chi connectivity index (χ3n) is 4.31. The van der Waals surface area contributed by atoms with E-state index in [2.05, 4.69) is 49.9 Å². The molecule has 3 heterocycles. The average molecular weight is 536 g/mol. The Morgan fingerprint density at radius 2 is 2.18 bits per heavy atom. The first-order valence-electron chi connectivity index (χ1n) is 9.32. The zero-order valence-electron chi connectivity index (χ0n) is 15.9. The highest BCUT2D eigenvalue weighted by Gasteiger charge is 2.20. The van der Waals surface area contributed by atoms with E-state index >= 15 is 0 Å². The Morgan fingerprint density at radius 1 is 1.36 bits per heavy atom. The summed E-state index contributed by atoms with van der Waals surface area (Å²) >= 11 is 7.63. The standard InChI is InChI=1S/C19H26ClN5OS.HI/c1-2-21-19(22-9-12-26-17-6-5-15(20)14-23-17)24-16-7-10-25(11-8-16)18-4-3-13-27-18;/h3-6,13-14,16H,2,7-12H2,1H3,(H2,21,22,24);1H. The number of ether oxygens (including phenoxy) is 1. The third kappa shape index (κ3) is 7.29. The van der Waals surface area contributed by atoms with Crippen molar-refractivity contribution in [1.82, 2.24) is 15.6 Å². The molecular formula is C19H27ClIN5OS. The van der Waals surface area contributed by atoms with Crippen LogP contribution in [0.2, 0.25) is 5.02 Å². The molecule has 1 fully saturated rings. The number of hydrogen-bond donors (Lipinski definition) is 2. The van der Waals surface area contributed by atoms with Gasteiger partial charge < -0.3 is 20.3 Å². The SMILES string of the molecule is CCNC(=NCCOc1ccc(Cl)cn1)NC1CCN(c2cccs2)CC1.I. The van der Waals surface area contributed by atoms with E-state index in [1.54, 1.807) is 18.3 Å². The van der Waals surface area contributed by atoms with Crippen LogP contribution in [-0.4, -0.2) is 49.8 Å². The molecule has 0 aromatic carbocycles. The highest BCUT2D eigenvalue weighted by atomic mass is 127. The van der Waals surface area contributed by atoms with Gasteiger partial charge in [-0.1, -0.05) is 11.6 Å². The fourth-order valence-electron chi connectivity index (χ4n) is 2.96. The van der Waals surface area contributed by atoms with Crippen LogP contribution in [0.25, 0.3) is 0 Å². The Morgan fingerprint density at radius 3 is 2.82 bits per heavy atom. The van der Waals surface area contributed by atoms with Gasteiger partial charge in [0.05, 0.1) is 16.6 Å². The zero-order valence-corrected chi connectivity index (χ0v) is 19.8. The van der Waals surface area contributed by atoms with E-state index in [9.17, 15) is 0 Å². The van der Waals surface area contributed by atoms with E-state index in [0.717, 1.165) is 38.4 Å². The van der Waals surface area contributed by atoms with Crippen LogP contribution in [0.4, 0.5) is 5.00 Å². The van der Waals surface area contributed by atoms with Gasteiger partial charge in [0.1, 0.15) is 6.61 Å². The lowest BCUT2D eigenvalue weighted by Gasteiger charge is -2.33. The number of guanidine groups is 1. The summed E-state index contributed by atoms with van der Waals surface area (Å²) in [6.45, 7) is 6.09. The summed E-state index contributed by atoms with van der Waals surface area (Å²) in [5.41, 5.74) is 0. The Hall–Kier alpha value is -1.26. The van der Waals surface area contributed by atoms with Gasteiger partial charge in [-0.2, -0.15) is 0 Å². The molecule has 3 rings (SSSR count). The van der Waals surface area contributed by atoms with E-state index in [0.29, 0.717) is 30.1 Å². The summed E-state index contributed by atoms with van der Waals surface area (Å²) in [7, 11) is 0. The van der Waals surface area contributed by atoms with Gasteiger partial charge in [-0.05, 0) is 43.3 Å². The minimum atomic E-state index is 0. The molecule has 0 spiro atoms. The Labute approximate surface area is 192 Å². The largest absolute Gasteiger partial charge is 0.476 e. The Balaban J connectivity index is 0.00000280. The predicted octanol–water partition coefficient (Wildman–Crippen LogP) is 4.02. The quantitative estimate of drug-likeness (QED) is 0.243. The molecule has 1 saturated heterocycles. The molecule has 0 atom stereocenters. The van der Waals surface area contributed by atoms with Crippen molar-refractivity contribution >= 4 is 57.9 Å². The molecular weight excluding hydrogens is 509 g/mol. The topological polar surface area (TPSA) is 61.8 Å². The summed E-state index contributed by atoms with van der Waals surface area (Å²) in [5.74, 6) is 1.41. The molecule has 0 aliphatic carbocycles. The van der Waals surface area contributed by atoms with Crippen LogP contribution < -0.4 is 20.3 Å². The average Bonchev–Trinajstić information content (AvgIpc) is 3.22. The van der Waals surface area contributed by atoms with Gasteiger partial charge in [-0.15, -0.1) is 35.3 Å². The van der Waals surface area contributed by atoms with E-state index in [4.69, 9.17) is 16.3 Å². The third-order valence-corrected chi connectivity index (χ3v) is 5.46. The Kier molecular flexibility index (Phi) is 10.1. The van der Waals surface area contributed by atoms with Crippen LogP contribution >= 0.6 is 46.9 Å². The van der Waals surface area contributed by atoms with Gasteiger partial charge in [-0.25, -0.2) is 9.98 Å². The molecule has 2 N–H and O–H groups in total. The number of hydrogen-bond acceptors (Lipinski definition) is 5. The predicted molar refractivity (Wildman–Crippen MR) is 129 cm³/mol. The number of nitrogens with zero attached hydrogens (tertiary/aromatic N) is 3. The maximum absolute atomic E-state index is 5.82. The fraction of sp³-hybridized carbons (Fsp3) is 0.474. The minimum Gasteiger partial charge on any atom is -0.476 e. The number of nitrogens with one attached hydrogen (secondary N) is 2. The highest BCUT2D eigenvalue weighted by molar-refractivity contribution is 14.0.